The largest absolute Gasteiger partial charge is 0.338 e. The maximum Gasteiger partial charge on any atom is 0.236 e. The maximum atomic E-state index is 13.1. The van der Waals surface area contributed by atoms with Crippen molar-refractivity contribution in [1.29, 1.82) is 0 Å². The molecular formula is C20H23FN2O2S. The van der Waals surface area contributed by atoms with E-state index in [-0.39, 0.29) is 28.9 Å². The van der Waals surface area contributed by atoms with Gasteiger partial charge in [0, 0.05) is 24.6 Å². The molecule has 0 saturated carbocycles. The Morgan fingerprint density at radius 3 is 2.15 bits per heavy atom. The first-order chi connectivity index (χ1) is 12.3. The zero-order valence-corrected chi connectivity index (χ0v) is 16.1. The molecule has 1 N–H and O–H groups in total. The van der Waals surface area contributed by atoms with Crippen LogP contribution in [0.1, 0.15) is 32.4 Å². The summed E-state index contributed by atoms with van der Waals surface area (Å²) in [5.41, 5.74) is 1.61. The second-order valence-corrected chi connectivity index (χ2v) is 7.56. The van der Waals surface area contributed by atoms with Gasteiger partial charge in [-0.1, -0.05) is 12.1 Å². The summed E-state index contributed by atoms with van der Waals surface area (Å²) in [6.45, 7) is 5.24. The van der Waals surface area contributed by atoms with Crippen LogP contribution in [0.5, 0.6) is 0 Å². The molecule has 26 heavy (non-hydrogen) atoms. The molecule has 2 atom stereocenters. The monoisotopic (exact) mass is 374 g/mol. The van der Waals surface area contributed by atoms with Crippen molar-refractivity contribution in [3.05, 3.63) is 59.9 Å². The zero-order chi connectivity index (χ0) is 19.3. The van der Waals surface area contributed by atoms with Crippen LogP contribution >= 0.6 is 11.8 Å². The molecule has 2 rings (SSSR count). The molecule has 6 heteroatoms. The fourth-order valence-corrected chi connectivity index (χ4v) is 3.49. The maximum absolute atomic E-state index is 13.1. The molecule has 0 aliphatic carbocycles. The standard InChI is InChI=1S/C20H23FN2O2S/c1-13(16-5-7-17(21)8-6-16)23(4)20(25)14(2)26-19-11-9-18(10-12-19)22-15(3)24/h5-14H,1-4H3,(H,22,24). The van der Waals surface area contributed by atoms with Gasteiger partial charge in [-0.05, 0) is 55.8 Å². The lowest BCUT2D eigenvalue weighted by molar-refractivity contribution is -0.130. The average Bonchev–Trinajstić information content (AvgIpc) is 2.61. The molecule has 0 bridgehead atoms. The van der Waals surface area contributed by atoms with Gasteiger partial charge < -0.3 is 10.2 Å². The summed E-state index contributed by atoms with van der Waals surface area (Å²) in [5, 5.41) is 2.44. The van der Waals surface area contributed by atoms with E-state index in [1.165, 1.54) is 30.8 Å². The van der Waals surface area contributed by atoms with E-state index in [9.17, 15) is 14.0 Å². The van der Waals surface area contributed by atoms with E-state index in [1.807, 2.05) is 38.1 Å². The fourth-order valence-electron chi connectivity index (χ4n) is 2.52. The summed E-state index contributed by atoms with van der Waals surface area (Å²) >= 11 is 1.46. The predicted molar refractivity (Wildman–Crippen MR) is 104 cm³/mol. The van der Waals surface area contributed by atoms with Crippen LogP contribution in [-0.2, 0) is 9.59 Å². The predicted octanol–water partition coefficient (Wildman–Crippen LogP) is 4.48. The van der Waals surface area contributed by atoms with Gasteiger partial charge in [-0.2, -0.15) is 0 Å². The number of nitrogens with zero attached hydrogens (tertiary/aromatic N) is 1. The Kier molecular flexibility index (Phi) is 6.80. The van der Waals surface area contributed by atoms with E-state index >= 15 is 0 Å². The molecule has 0 aliphatic rings. The van der Waals surface area contributed by atoms with Gasteiger partial charge in [-0.15, -0.1) is 11.8 Å². The van der Waals surface area contributed by atoms with E-state index in [1.54, 1.807) is 24.1 Å². The van der Waals surface area contributed by atoms with Crippen molar-refractivity contribution in [2.24, 2.45) is 0 Å². The normalized spacial score (nSPS) is 13.0. The number of benzene rings is 2. The topological polar surface area (TPSA) is 49.4 Å². The summed E-state index contributed by atoms with van der Waals surface area (Å²) in [6.07, 6.45) is 0. The average molecular weight is 374 g/mol. The number of carbonyl (C=O) groups is 2. The second kappa shape index (κ2) is 8.85. The highest BCUT2D eigenvalue weighted by Crippen LogP contribution is 2.28. The first-order valence-corrected chi connectivity index (χ1v) is 9.22. The van der Waals surface area contributed by atoms with Crippen molar-refractivity contribution in [3.63, 3.8) is 0 Å². The molecule has 0 spiro atoms. The highest BCUT2D eigenvalue weighted by molar-refractivity contribution is 8.00. The smallest absolute Gasteiger partial charge is 0.236 e. The van der Waals surface area contributed by atoms with Crippen LogP contribution in [0.2, 0.25) is 0 Å². The summed E-state index contributed by atoms with van der Waals surface area (Å²) in [7, 11) is 1.76. The van der Waals surface area contributed by atoms with Gasteiger partial charge in [0.2, 0.25) is 11.8 Å². The Labute approximate surface area is 157 Å². The molecule has 0 aliphatic heterocycles. The highest BCUT2D eigenvalue weighted by atomic mass is 32.2. The van der Waals surface area contributed by atoms with Gasteiger partial charge in [0.1, 0.15) is 5.82 Å². The Morgan fingerprint density at radius 1 is 1.04 bits per heavy atom. The Hall–Kier alpha value is -2.34. The molecule has 2 unspecified atom stereocenters. The van der Waals surface area contributed by atoms with E-state index in [4.69, 9.17) is 0 Å². The van der Waals surface area contributed by atoms with Gasteiger partial charge >= 0.3 is 0 Å². The molecule has 0 aromatic heterocycles. The first-order valence-electron chi connectivity index (χ1n) is 8.34. The SMILES string of the molecule is CC(=O)Nc1ccc(SC(C)C(=O)N(C)C(C)c2ccc(F)cc2)cc1. The van der Waals surface area contributed by atoms with Crippen molar-refractivity contribution < 1.29 is 14.0 Å². The first kappa shape index (κ1) is 20.0. The van der Waals surface area contributed by atoms with Crippen molar-refractivity contribution in [1.82, 2.24) is 4.90 Å². The molecule has 2 aromatic carbocycles. The van der Waals surface area contributed by atoms with Gasteiger partial charge in [-0.25, -0.2) is 4.39 Å². The molecule has 0 fully saturated rings. The van der Waals surface area contributed by atoms with Crippen LogP contribution in [0.3, 0.4) is 0 Å². The van der Waals surface area contributed by atoms with Crippen LogP contribution in [0, 0.1) is 5.82 Å². The Bertz CT molecular complexity index is 762. The van der Waals surface area contributed by atoms with Gasteiger partial charge in [-0.3, -0.25) is 9.59 Å². The summed E-state index contributed by atoms with van der Waals surface area (Å²) in [4.78, 5) is 26.4. The van der Waals surface area contributed by atoms with E-state index in [2.05, 4.69) is 5.32 Å². The lowest BCUT2D eigenvalue weighted by atomic mass is 10.1. The second-order valence-electron chi connectivity index (χ2n) is 6.14. The number of halogens is 1. The minimum Gasteiger partial charge on any atom is -0.338 e. The highest BCUT2D eigenvalue weighted by Gasteiger charge is 2.23. The van der Waals surface area contributed by atoms with Gasteiger partial charge in [0.05, 0.1) is 11.3 Å². The minimum absolute atomic E-state index is 0.00207. The summed E-state index contributed by atoms with van der Waals surface area (Å²) in [5.74, 6) is -0.412. The number of hydrogen-bond acceptors (Lipinski definition) is 3. The quantitative estimate of drug-likeness (QED) is 0.758. The van der Waals surface area contributed by atoms with Crippen molar-refractivity contribution >= 4 is 29.3 Å². The number of amides is 2. The summed E-state index contributed by atoms with van der Waals surface area (Å²) < 4.78 is 13.1. The molecule has 0 saturated heterocycles. The lowest BCUT2D eigenvalue weighted by Gasteiger charge is -2.28. The van der Waals surface area contributed by atoms with E-state index in [0.29, 0.717) is 0 Å². The Balaban J connectivity index is 1.99. The molecule has 2 aromatic rings. The minimum atomic E-state index is -0.290. The summed E-state index contributed by atoms with van der Waals surface area (Å²) in [6, 6.07) is 13.4. The number of carbonyl (C=O) groups excluding carboxylic acids is 2. The van der Waals surface area contributed by atoms with Crippen LogP contribution in [0.25, 0.3) is 0 Å². The number of hydrogen-bond donors (Lipinski definition) is 1. The van der Waals surface area contributed by atoms with Crippen LogP contribution in [0.15, 0.2) is 53.4 Å². The van der Waals surface area contributed by atoms with Crippen LogP contribution < -0.4 is 5.32 Å². The van der Waals surface area contributed by atoms with E-state index in [0.717, 1.165) is 16.1 Å². The van der Waals surface area contributed by atoms with E-state index < -0.39 is 0 Å². The van der Waals surface area contributed by atoms with Crippen molar-refractivity contribution in [2.45, 2.75) is 37.0 Å². The number of anilines is 1. The third-order valence-electron chi connectivity index (χ3n) is 4.12. The van der Waals surface area contributed by atoms with Gasteiger partial charge in [0.15, 0.2) is 0 Å². The van der Waals surface area contributed by atoms with Crippen LogP contribution in [-0.4, -0.2) is 29.0 Å². The number of thioether (sulfide) groups is 1. The van der Waals surface area contributed by atoms with Crippen molar-refractivity contribution in [2.75, 3.05) is 12.4 Å². The van der Waals surface area contributed by atoms with Crippen molar-refractivity contribution in [3.8, 4) is 0 Å². The lowest BCUT2D eigenvalue weighted by Crippen LogP contribution is -2.35. The third kappa shape index (κ3) is 5.33. The third-order valence-corrected chi connectivity index (χ3v) is 5.22. The number of rotatable bonds is 6. The molecule has 0 radical (unpaired) electrons. The molecule has 138 valence electrons. The molecular weight excluding hydrogens is 351 g/mol. The number of nitrogens with one attached hydrogen (secondary N) is 1. The zero-order valence-electron chi connectivity index (χ0n) is 15.3. The fraction of sp³-hybridized carbons (Fsp3) is 0.300. The molecule has 4 nitrogen and oxygen atoms in total. The molecule has 2 amide bonds. The Morgan fingerprint density at radius 2 is 1.62 bits per heavy atom. The van der Waals surface area contributed by atoms with Gasteiger partial charge in [0.25, 0.3) is 0 Å². The van der Waals surface area contributed by atoms with Crippen LogP contribution in [0.4, 0.5) is 10.1 Å². The molecule has 0 heterocycles.